The fraction of sp³-hybridized carbons (Fsp3) is 0.909. The molecule has 0 aliphatic carbocycles. The van der Waals surface area contributed by atoms with Gasteiger partial charge in [0.05, 0.1) is 25.0 Å². The molecule has 0 amide bonds. The summed E-state index contributed by atoms with van der Waals surface area (Å²) in [5.41, 5.74) is 0. The number of aliphatic hydroxyl groups excluding tert-OH is 6. The maximum absolute atomic E-state index is 12.4. The number of esters is 2. The number of ether oxygens (including phenoxy) is 6. The van der Waals surface area contributed by atoms with Crippen LogP contribution in [0.25, 0.3) is 0 Å². The Morgan fingerprint density at radius 1 is 0.583 bits per heavy atom. The Morgan fingerprint density at radius 2 is 0.944 bits per heavy atom. The molecule has 0 aromatic heterocycles. The molecule has 0 aromatic carbocycles. The number of rotatable bonds is 2. The first-order chi connectivity index (χ1) is 17.0. The van der Waals surface area contributed by atoms with Crippen molar-refractivity contribution < 1.29 is 68.6 Å². The van der Waals surface area contributed by atoms with Gasteiger partial charge < -0.3 is 59.1 Å². The van der Waals surface area contributed by atoms with Crippen LogP contribution in [0.15, 0.2) is 0 Å². The first kappa shape index (κ1) is 29.1. The van der Waals surface area contributed by atoms with Gasteiger partial charge in [-0.3, -0.25) is 9.59 Å². The van der Waals surface area contributed by atoms with Crippen molar-refractivity contribution in [3.05, 3.63) is 0 Å². The number of hydrogen-bond acceptors (Lipinski definition) is 14. The molecule has 0 aromatic rings. The molecule has 3 heterocycles. The summed E-state index contributed by atoms with van der Waals surface area (Å²) < 4.78 is 32.7. The highest BCUT2D eigenvalue weighted by Crippen LogP contribution is 2.27. The Balaban J connectivity index is 1.80. The van der Waals surface area contributed by atoms with E-state index in [2.05, 4.69) is 0 Å². The van der Waals surface area contributed by atoms with Gasteiger partial charge in [0.1, 0.15) is 62.0 Å². The highest BCUT2D eigenvalue weighted by molar-refractivity contribution is 5.70. The van der Waals surface area contributed by atoms with Crippen LogP contribution in [0.3, 0.4) is 0 Å². The number of fused-ring (bicyclic) bond motifs is 4. The van der Waals surface area contributed by atoms with Crippen LogP contribution in [-0.2, 0) is 38.0 Å². The summed E-state index contributed by atoms with van der Waals surface area (Å²) in [7, 11) is 0. The summed E-state index contributed by atoms with van der Waals surface area (Å²) >= 11 is 0. The van der Waals surface area contributed by atoms with E-state index in [1.54, 1.807) is 13.8 Å². The zero-order valence-corrected chi connectivity index (χ0v) is 20.1. The summed E-state index contributed by atoms with van der Waals surface area (Å²) in [6.07, 6.45) is -16.8. The van der Waals surface area contributed by atoms with Crippen LogP contribution in [0.1, 0.15) is 39.5 Å². The molecule has 0 radical (unpaired) electrons. The Morgan fingerprint density at radius 3 is 1.28 bits per heavy atom. The highest BCUT2D eigenvalue weighted by Gasteiger charge is 2.47. The lowest BCUT2D eigenvalue weighted by Crippen LogP contribution is -2.60. The first-order valence-corrected chi connectivity index (χ1v) is 12.1. The van der Waals surface area contributed by atoms with Gasteiger partial charge in [-0.15, -0.1) is 0 Å². The van der Waals surface area contributed by atoms with Crippen molar-refractivity contribution in [1.82, 2.24) is 0 Å². The molecule has 3 fully saturated rings. The van der Waals surface area contributed by atoms with E-state index in [1.807, 2.05) is 0 Å². The molecular weight excluding hydrogens is 488 g/mol. The van der Waals surface area contributed by atoms with E-state index < -0.39 is 98.8 Å². The standard InChI is InChI=1S/C22H36O14/c1-3-9-5-13(23)31-7-12-16(26)18(28)20(30)22(36-12)34-10(4-2)6-14(24)32-8-11-15(25)17(27)19(29)21(33-9)35-11/h9-12,15-22,25-30H,3-8H2,1-2H3/t9?,10?,11-,12-,15-,16-,17+,18+,19-,20-,21-,22-/m1/s1. The average Bonchev–Trinajstić information content (AvgIpc) is 2.86. The summed E-state index contributed by atoms with van der Waals surface area (Å²) in [6, 6.07) is 0. The molecule has 0 saturated carbocycles. The third-order valence-corrected chi connectivity index (χ3v) is 6.51. The molecule has 3 aliphatic rings. The SMILES string of the molecule is CCC1CC(=O)OC[C@H]2O[C@@H](OC(CC)CC(=O)OC[C@H]3O[C@@H](O1)[C@H](O)[C@@H](O)[C@@H]3O)[C@H](O)[C@@H](O)[C@@H]2O. The molecule has 14 heteroatoms. The van der Waals surface area contributed by atoms with Gasteiger partial charge in [0, 0.05) is 0 Å². The molecule has 14 nitrogen and oxygen atoms in total. The largest absolute Gasteiger partial charge is 0.463 e. The second-order valence-electron chi connectivity index (χ2n) is 9.14. The van der Waals surface area contributed by atoms with E-state index in [1.165, 1.54) is 0 Å². The van der Waals surface area contributed by atoms with Crippen molar-refractivity contribution >= 4 is 11.9 Å². The van der Waals surface area contributed by atoms with Crippen molar-refractivity contribution in [3.63, 3.8) is 0 Å². The number of carbonyl (C=O) groups is 2. The smallest absolute Gasteiger partial charge is 0.308 e. The summed E-state index contributed by atoms with van der Waals surface area (Å²) in [4.78, 5) is 24.9. The van der Waals surface area contributed by atoms with Gasteiger partial charge in [0.25, 0.3) is 0 Å². The van der Waals surface area contributed by atoms with Crippen LogP contribution in [-0.4, -0.2) is 129 Å². The predicted octanol–water partition coefficient (Wildman–Crippen LogP) is -2.93. The molecule has 2 unspecified atom stereocenters. The summed E-state index contributed by atoms with van der Waals surface area (Å²) in [6.45, 7) is 2.44. The monoisotopic (exact) mass is 524 g/mol. The van der Waals surface area contributed by atoms with E-state index in [0.717, 1.165) is 0 Å². The molecule has 3 saturated heterocycles. The molecule has 6 N–H and O–H groups in total. The van der Waals surface area contributed by atoms with Crippen molar-refractivity contribution in [2.45, 2.75) is 113 Å². The first-order valence-electron chi connectivity index (χ1n) is 12.1. The average molecular weight is 525 g/mol. The normalized spacial score (nSPS) is 45.7. The lowest BCUT2D eigenvalue weighted by atomic mass is 9.99. The van der Waals surface area contributed by atoms with Crippen molar-refractivity contribution in [1.29, 1.82) is 0 Å². The van der Waals surface area contributed by atoms with Gasteiger partial charge in [-0.25, -0.2) is 0 Å². The molecular formula is C22H36O14. The number of carbonyl (C=O) groups excluding carboxylic acids is 2. The van der Waals surface area contributed by atoms with E-state index in [0.29, 0.717) is 0 Å². The van der Waals surface area contributed by atoms with Gasteiger partial charge in [-0.1, -0.05) is 13.8 Å². The topological polar surface area (TPSA) is 211 Å². The van der Waals surface area contributed by atoms with Crippen LogP contribution in [0.5, 0.6) is 0 Å². The number of cyclic esters (lactones) is 2. The molecule has 3 aliphatic heterocycles. The van der Waals surface area contributed by atoms with Crippen molar-refractivity contribution in [2.75, 3.05) is 13.2 Å². The van der Waals surface area contributed by atoms with E-state index in [4.69, 9.17) is 28.4 Å². The minimum absolute atomic E-state index is 0.280. The molecule has 4 bridgehead atoms. The van der Waals surface area contributed by atoms with Crippen LogP contribution in [0.2, 0.25) is 0 Å². The Hall–Kier alpha value is -1.46. The molecule has 208 valence electrons. The van der Waals surface area contributed by atoms with Crippen LogP contribution in [0.4, 0.5) is 0 Å². The Labute approximate surface area is 207 Å². The van der Waals surface area contributed by atoms with E-state index >= 15 is 0 Å². The second-order valence-corrected chi connectivity index (χ2v) is 9.14. The fourth-order valence-corrected chi connectivity index (χ4v) is 4.13. The van der Waals surface area contributed by atoms with Crippen LogP contribution in [0, 0.1) is 0 Å². The third-order valence-electron chi connectivity index (χ3n) is 6.51. The molecule has 12 atom stereocenters. The van der Waals surface area contributed by atoms with E-state index in [-0.39, 0.29) is 25.7 Å². The van der Waals surface area contributed by atoms with Gasteiger partial charge in [-0.05, 0) is 12.8 Å². The van der Waals surface area contributed by atoms with Crippen molar-refractivity contribution in [2.24, 2.45) is 0 Å². The number of aliphatic hydroxyl groups is 6. The predicted molar refractivity (Wildman–Crippen MR) is 115 cm³/mol. The molecule has 0 spiro atoms. The van der Waals surface area contributed by atoms with E-state index in [9.17, 15) is 40.2 Å². The van der Waals surface area contributed by atoms with Gasteiger partial charge in [0.15, 0.2) is 12.6 Å². The quantitative estimate of drug-likeness (QED) is 0.200. The van der Waals surface area contributed by atoms with Crippen LogP contribution >= 0.6 is 0 Å². The van der Waals surface area contributed by atoms with Gasteiger partial charge in [0.2, 0.25) is 0 Å². The molecule has 36 heavy (non-hydrogen) atoms. The fourth-order valence-electron chi connectivity index (χ4n) is 4.13. The Bertz CT molecular complexity index is 676. The zero-order chi connectivity index (χ0) is 26.6. The Kier molecular flexibility index (Phi) is 10.4. The van der Waals surface area contributed by atoms with Crippen molar-refractivity contribution in [3.8, 4) is 0 Å². The lowest BCUT2D eigenvalue weighted by molar-refractivity contribution is -0.316. The second kappa shape index (κ2) is 12.9. The third kappa shape index (κ3) is 6.89. The highest BCUT2D eigenvalue weighted by atomic mass is 16.7. The maximum atomic E-state index is 12.4. The zero-order valence-electron chi connectivity index (χ0n) is 20.1. The van der Waals surface area contributed by atoms with Gasteiger partial charge in [-0.2, -0.15) is 0 Å². The van der Waals surface area contributed by atoms with Gasteiger partial charge >= 0.3 is 11.9 Å². The summed E-state index contributed by atoms with van der Waals surface area (Å²) in [5, 5.41) is 61.6. The maximum Gasteiger partial charge on any atom is 0.308 e. The van der Waals surface area contributed by atoms with Crippen LogP contribution < -0.4 is 0 Å². The minimum Gasteiger partial charge on any atom is -0.463 e. The summed E-state index contributed by atoms with van der Waals surface area (Å²) in [5.74, 6) is -1.50. The lowest BCUT2D eigenvalue weighted by Gasteiger charge is -2.41. The minimum atomic E-state index is -1.67. The molecule has 3 rings (SSSR count). The number of hydrogen-bond donors (Lipinski definition) is 6.